The van der Waals surface area contributed by atoms with Crippen molar-refractivity contribution in [2.45, 2.75) is 58.8 Å². The lowest BCUT2D eigenvalue weighted by Gasteiger charge is -2.18. The smallest absolute Gasteiger partial charge is 0.164 e. The monoisotopic (exact) mass is 400 g/mol. The molecule has 146 valence electrons. The van der Waals surface area contributed by atoms with Gasteiger partial charge in [-0.2, -0.15) is 0 Å². The Kier molecular flexibility index (Phi) is 10.0. The average Bonchev–Trinajstić information content (AvgIpc) is 2.72. The lowest BCUT2D eigenvalue weighted by atomic mass is 10.1. The zero-order valence-corrected chi connectivity index (χ0v) is 18.5. The van der Waals surface area contributed by atoms with Crippen LogP contribution in [0, 0.1) is 0 Å². The van der Waals surface area contributed by atoms with Gasteiger partial charge < -0.3 is 4.57 Å². The van der Waals surface area contributed by atoms with Crippen LogP contribution in [0.5, 0.6) is 0 Å². The third kappa shape index (κ3) is 7.01. The second-order valence-corrected chi connectivity index (χ2v) is 10.8. The molecule has 0 aliphatic carbocycles. The Balaban J connectivity index is 2.36. The minimum atomic E-state index is -2.77. The number of unbranched alkanes of at least 4 members (excludes halogenated alkanes) is 4. The van der Waals surface area contributed by atoms with Gasteiger partial charge >= 0.3 is 0 Å². The molecule has 0 atom stereocenters. The lowest BCUT2D eigenvalue weighted by Crippen LogP contribution is -2.14. The van der Waals surface area contributed by atoms with Crippen LogP contribution in [0.15, 0.2) is 71.4 Å². The highest BCUT2D eigenvalue weighted by molar-refractivity contribution is 8.03. The van der Waals surface area contributed by atoms with Crippen LogP contribution in [0.3, 0.4) is 0 Å². The molecule has 0 N–H and O–H groups in total. The van der Waals surface area contributed by atoms with Gasteiger partial charge in [0.1, 0.15) is 0 Å². The predicted molar refractivity (Wildman–Crippen MR) is 124 cm³/mol. The van der Waals surface area contributed by atoms with Crippen molar-refractivity contribution in [1.29, 1.82) is 0 Å². The Labute approximate surface area is 170 Å². The van der Waals surface area contributed by atoms with Crippen molar-refractivity contribution in [3.8, 4) is 0 Å². The molecule has 0 aliphatic rings. The maximum atomic E-state index is 14.3. The molecule has 0 aliphatic heterocycles. The first-order valence-corrected chi connectivity index (χ1v) is 13.0. The molecule has 0 bridgehead atoms. The molecule has 2 aromatic carbocycles. The fraction of sp³-hybridized carbons (Fsp3) is 0.417. The van der Waals surface area contributed by atoms with Crippen molar-refractivity contribution in [1.82, 2.24) is 0 Å². The minimum Gasteiger partial charge on any atom is -0.309 e. The van der Waals surface area contributed by atoms with Crippen LogP contribution in [0.4, 0.5) is 0 Å². The van der Waals surface area contributed by atoms with E-state index in [0.717, 1.165) is 22.8 Å². The second kappa shape index (κ2) is 12.3. The molecule has 1 nitrogen and oxygen atoms in total. The topological polar surface area (TPSA) is 17.1 Å². The van der Waals surface area contributed by atoms with E-state index in [2.05, 4.69) is 19.7 Å². The summed E-state index contributed by atoms with van der Waals surface area (Å²) in [4.78, 5) is 1.30. The van der Waals surface area contributed by atoms with Crippen LogP contribution in [-0.4, -0.2) is 5.75 Å². The van der Waals surface area contributed by atoms with Crippen molar-refractivity contribution < 1.29 is 4.57 Å². The summed E-state index contributed by atoms with van der Waals surface area (Å²) >= 11 is 1.91. The van der Waals surface area contributed by atoms with E-state index in [1.54, 1.807) is 0 Å². The van der Waals surface area contributed by atoms with Crippen LogP contribution < -0.4 is 10.6 Å². The largest absolute Gasteiger partial charge is 0.309 e. The Bertz CT molecular complexity index is 681. The van der Waals surface area contributed by atoms with E-state index in [9.17, 15) is 4.57 Å². The number of allylic oxidation sites excluding steroid dienone is 1. The molecule has 0 fully saturated rings. The first-order chi connectivity index (χ1) is 13.2. The van der Waals surface area contributed by atoms with E-state index in [1.807, 2.05) is 72.4 Å². The van der Waals surface area contributed by atoms with Gasteiger partial charge in [-0.05, 0) is 35.7 Å². The minimum absolute atomic E-state index is 0.929. The Morgan fingerprint density at radius 2 is 1.37 bits per heavy atom. The van der Waals surface area contributed by atoms with E-state index in [-0.39, 0.29) is 0 Å². The van der Waals surface area contributed by atoms with E-state index in [0.29, 0.717) is 0 Å². The summed E-state index contributed by atoms with van der Waals surface area (Å²) in [6.45, 7) is 4.47. The molecule has 3 heteroatoms. The van der Waals surface area contributed by atoms with Crippen molar-refractivity contribution >= 4 is 29.5 Å². The number of hydrogen-bond donors (Lipinski definition) is 0. The molecule has 0 aromatic heterocycles. The van der Waals surface area contributed by atoms with Gasteiger partial charge in [0.25, 0.3) is 0 Å². The van der Waals surface area contributed by atoms with Crippen LogP contribution in [0.2, 0.25) is 0 Å². The zero-order valence-electron chi connectivity index (χ0n) is 16.8. The summed E-state index contributed by atoms with van der Waals surface area (Å²) in [6.07, 6.45) is 8.41. The molecule has 2 aromatic rings. The number of rotatable bonds is 12. The molecular weight excluding hydrogens is 367 g/mol. The first-order valence-electron chi connectivity index (χ1n) is 10.3. The molecule has 0 amide bonds. The molecule has 0 saturated heterocycles. The maximum absolute atomic E-state index is 14.3. The molecule has 2 rings (SSSR count). The number of benzene rings is 2. The van der Waals surface area contributed by atoms with Crippen LogP contribution in [0.25, 0.3) is 0 Å². The summed E-state index contributed by atoms with van der Waals surface area (Å²) in [6, 6.07) is 20.0. The maximum Gasteiger partial charge on any atom is 0.164 e. The van der Waals surface area contributed by atoms with Crippen molar-refractivity contribution in [3.63, 3.8) is 0 Å². The first kappa shape index (κ1) is 22.1. The predicted octanol–water partition coefficient (Wildman–Crippen LogP) is 7.35. The molecule has 0 heterocycles. The third-order valence-corrected chi connectivity index (χ3v) is 8.83. The molecule has 27 heavy (non-hydrogen) atoms. The number of thioether (sulfide) groups is 1. The summed E-state index contributed by atoms with van der Waals surface area (Å²) in [5, 5.41) is 1.86. The van der Waals surface area contributed by atoms with Crippen LogP contribution >= 0.6 is 18.9 Å². The molecular formula is C24H33OPS. The van der Waals surface area contributed by atoms with Gasteiger partial charge in [0, 0.05) is 10.6 Å². The highest BCUT2D eigenvalue weighted by atomic mass is 32.2. The molecule has 0 spiro atoms. The fourth-order valence-corrected chi connectivity index (χ4v) is 7.14. The fourth-order valence-electron chi connectivity index (χ4n) is 3.05. The van der Waals surface area contributed by atoms with Gasteiger partial charge in [0.15, 0.2) is 7.14 Å². The van der Waals surface area contributed by atoms with Crippen molar-refractivity contribution in [2.24, 2.45) is 0 Å². The SMILES string of the molecule is CCCCCC/C(=C\P(=O)(c1ccccc1)c1ccccc1)SCCCC. The van der Waals surface area contributed by atoms with Gasteiger partial charge in [-0.25, -0.2) is 0 Å². The van der Waals surface area contributed by atoms with E-state index < -0.39 is 7.14 Å². The summed E-state index contributed by atoms with van der Waals surface area (Å²) < 4.78 is 14.3. The highest BCUT2D eigenvalue weighted by Crippen LogP contribution is 2.48. The van der Waals surface area contributed by atoms with Gasteiger partial charge in [-0.1, -0.05) is 100 Å². The summed E-state index contributed by atoms with van der Waals surface area (Å²) in [5.74, 6) is 3.23. The Morgan fingerprint density at radius 1 is 0.815 bits per heavy atom. The van der Waals surface area contributed by atoms with Gasteiger partial charge in [0.05, 0.1) is 0 Å². The molecule has 0 unspecified atom stereocenters. The number of hydrogen-bond acceptors (Lipinski definition) is 2. The van der Waals surface area contributed by atoms with Gasteiger partial charge in [-0.3, -0.25) is 0 Å². The Morgan fingerprint density at radius 3 is 1.89 bits per heavy atom. The van der Waals surface area contributed by atoms with Crippen LogP contribution in [-0.2, 0) is 4.57 Å². The molecule has 0 radical (unpaired) electrons. The van der Waals surface area contributed by atoms with E-state index in [1.165, 1.54) is 43.4 Å². The third-order valence-electron chi connectivity index (χ3n) is 4.67. The highest BCUT2D eigenvalue weighted by Gasteiger charge is 2.25. The molecule has 0 saturated carbocycles. The quantitative estimate of drug-likeness (QED) is 0.274. The summed E-state index contributed by atoms with van der Waals surface area (Å²) in [5.41, 5.74) is 0. The Hall–Kier alpha value is -1.24. The lowest BCUT2D eigenvalue weighted by molar-refractivity contribution is 0.592. The van der Waals surface area contributed by atoms with E-state index >= 15 is 0 Å². The van der Waals surface area contributed by atoms with Gasteiger partial charge in [-0.15, -0.1) is 11.8 Å². The van der Waals surface area contributed by atoms with Crippen molar-refractivity contribution in [3.05, 3.63) is 71.4 Å². The second-order valence-electron chi connectivity index (χ2n) is 6.94. The standard InChI is InChI=1S/C24H33OPS/c1-3-5-7-14-19-24(27-20-6-4-2)21-26(25,22-15-10-8-11-16-22)23-17-12-9-13-18-23/h8-13,15-18,21H,3-7,14,19-20H2,1-2H3/b24-21+. The van der Waals surface area contributed by atoms with Crippen LogP contribution in [0.1, 0.15) is 58.8 Å². The zero-order chi connectivity index (χ0) is 19.4. The average molecular weight is 401 g/mol. The van der Waals surface area contributed by atoms with E-state index in [4.69, 9.17) is 0 Å². The van der Waals surface area contributed by atoms with Gasteiger partial charge in [0.2, 0.25) is 0 Å². The van der Waals surface area contributed by atoms with Crippen molar-refractivity contribution in [2.75, 3.05) is 5.75 Å². The normalized spacial score (nSPS) is 12.3. The summed E-state index contributed by atoms with van der Waals surface area (Å²) in [7, 11) is -2.77.